The number of carbonyl (C=O) groups is 1. The molecule has 3 nitrogen and oxygen atoms in total. The van der Waals surface area contributed by atoms with Crippen LogP contribution in [-0.2, 0) is 4.79 Å². The Labute approximate surface area is 114 Å². The van der Waals surface area contributed by atoms with Crippen molar-refractivity contribution in [3.05, 3.63) is 0 Å². The summed E-state index contributed by atoms with van der Waals surface area (Å²) >= 11 is 0. The van der Waals surface area contributed by atoms with Gasteiger partial charge in [-0.25, -0.2) is 4.79 Å². The second-order valence-electron chi connectivity index (χ2n) is 2.04. The van der Waals surface area contributed by atoms with Crippen LogP contribution in [0.2, 0.25) is 0 Å². The number of carboxylic acids is 1. The van der Waals surface area contributed by atoms with Crippen molar-refractivity contribution in [3.8, 4) is 0 Å². The first kappa shape index (κ1) is 18.3. The Hall–Kier alpha value is 1.43. The minimum atomic E-state index is -1.50. The molecule has 0 bridgehead atoms. The number of hydrogen-bond donors (Lipinski definition) is 2. The zero-order valence-corrected chi connectivity index (χ0v) is 11.7. The van der Waals surface area contributed by atoms with Crippen LogP contribution in [0.25, 0.3) is 0 Å². The van der Waals surface area contributed by atoms with E-state index in [1.54, 1.807) is 13.8 Å². The summed E-state index contributed by atoms with van der Waals surface area (Å²) in [6, 6.07) is 0. The molecule has 0 aliphatic heterocycles. The van der Waals surface area contributed by atoms with E-state index in [0.29, 0.717) is 0 Å². The van der Waals surface area contributed by atoms with Crippen molar-refractivity contribution in [2.24, 2.45) is 0 Å². The average Bonchev–Trinajstić information content (AvgIpc) is 1.86. The summed E-state index contributed by atoms with van der Waals surface area (Å²) in [5.41, 5.74) is -1.50. The SMILES string of the molecule is CCC(O)(CC)C(=O)O.[H-].[H-].[Na+].[Na+]. The van der Waals surface area contributed by atoms with E-state index in [1.165, 1.54) is 0 Å². The van der Waals surface area contributed by atoms with Gasteiger partial charge in [-0.1, -0.05) is 13.8 Å². The molecule has 0 saturated heterocycles. The molecule has 0 saturated carbocycles. The Morgan fingerprint density at radius 1 is 1.36 bits per heavy atom. The van der Waals surface area contributed by atoms with Gasteiger partial charge in [-0.15, -0.1) is 0 Å². The maximum absolute atomic E-state index is 10.2. The summed E-state index contributed by atoms with van der Waals surface area (Å²) in [4.78, 5) is 10.2. The zero-order valence-electron chi connectivity index (χ0n) is 9.72. The Morgan fingerprint density at radius 2 is 1.64 bits per heavy atom. The Balaban J connectivity index is -0.0000000533. The molecule has 0 amide bonds. The van der Waals surface area contributed by atoms with E-state index < -0.39 is 11.6 Å². The molecule has 0 fully saturated rings. The van der Waals surface area contributed by atoms with Gasteiger partial charge in [-0.3, -0.25) is 0 Å². The molecule has 0 rings (SSSR count). The van der Waals surface area contributed by atoms with Crippen LogP contribution in [0, 0.1) is 0 Å². The molecular formula is C6H14Na2O3. The van der Waals surface area contributed by atoms with Crippen LogP contribution in [0.1, 0.15) is 29.5 Å². The summed E-state index contributed by atoms with van der Waals surface area (Å²) < 4.78 is 0. The monoisotopic (exact) mass is 180 g/mol. The van der Waals surface area contributed by atoms with E-state index in [-0.39, 0.29) is 74.8 Å². The van der Waals surface area contributed by atoms with Crippen molar-refractivity contribution in [1.82, 2.24) is 0 Å². The topological polar surface area (TPSA) is 57.5 Å². The van der Waals surface area contributed by atoms with Crippen molar-refractivity contribution in [1.29, 1.82) is 0 Å². The van der Waals surface area contributed by atoms with Gasteiger partial charge in [0.15, 0.2) is 5.60 Å². The second-order valence-corrected chi connectivity index (χ2v) is 2.04. The maximum atomic E-state index is 10.2. The van der Waals surface area contributed by atoms with Gasteiger partial charge >= 0.3 is 65.1 Å². The van der Waals surface area contributed by atoms with E-state index in [4.69, 9.17) is 10.2 Å². The molecule has 11 heavy (non-hydrogen) atoms. The summed E-state index contributed by atoms with van der Waals surface area (Å²) in [7, 11) is 0. The van der Waals surface area contributed by atoms with E-state index >= 15 is 0 Å². The fourth-order valence-corrected chi connectivity index (χ4v) is 0.552. The molecule has 0 atom stereocenters. The Kier molecular flexibility index (Phi) is 13.4. The molecule has 2 N–H and O–H groups in total. The van der Waals surface area contributed by atoms with Gasteiger partial charge in [-0.05, 0) is 12.8 Å². The van der Waals surface area contributed by atoms with Crippen LogP contribution in [-0.4, -0.2) is 21.8 Å². The molecular weight excluding hydrogens is 166 g/mol. The van der Waals surface area contributed by atoms with Crippen LogP contribution in [0.15, 0.2) is 0 Å². The van der Waals surface area contributed by atoms with Crippen LogP contribution < -0.4 is 59.1 Å². The second kappa shape index (κ2) is 8.05. The van der Waals surface area contributed by atoms with Crippen molar-refractivity contribution >= 4 is 5.97 Å². The van der Waals surface area contributed by atoms with Gasteiger partial charge in [0, 0.05) is 0 Å². The van der Waals surface area contributed by atoms with Crippen LogP contribution in [0.3, 0.4) is 0 Å². The van der Waals surface area contributed by atoms with Crippen molar-refractivity contribution in [2.75, 3.05) is 0 Å². The molecule has 0 heterocycles. The standard InChI is InChI=1S/C6H12O3.2Na.2H/c1-3-6(9,4-2)5(7)8;;;;/h9H,3-4H2,1-2H3,(H,7,8);;;;/q;2*+1;2*-1. The fourth-order valence-electron chi connectivity index (χ4n) is 0.552. The largest absolute Gasteiger partial charge is 1.00 e. The number of aliphatic carboxylic acids is 1. The minimum Gasteiger partial charge on any atom is -1.00 e. The maximum Gasteiger partial charge on any atom is 1.00 e. The van der Waals surface area contributed by atoms with Crippen LogP contribution >= 0.6 is 0 Å². The number of aliphatic hydroxyl groups is 1. The first-order valence-electron chi connectivity index (χ1n) is 3.02. The fraction of sp³-hybridized carbons (Fsp3) is 0.833. The summed E-state index contributed by atoms with van der Waals surface area (Å²) in [6.07, 6.45) is 0.525. The first-order chi connectivity index (χ1) is 4.06. The summed E-state index contributed by atoms with van der Waals surface area (Å²) in [5, 5.41) is 17.5. The van der Waals surface area contributed by atoms with Gasteiger partial charge in [0.25, 0.3) is 0 Å². The predicted molar refractivity (Wildman–Crippen MR) is 35.4 cm³/mol. The smallest absolute Gasteiger partial charge is 1.00 e. The molecule has 0 spiro atoms. The summed E-state index contributed by atoms with van der Waals surface area (Å²) in [5.74, 6) is -1.13. The van der Waals surface area contributed by atoms with E-state index in [0.717, 1.165) is 0 Å². The van der Waals surface area contributed by atoms with Crippen molar-refractivity contribution in [2.45, 2.75) is 32.3 Å². The predicted octanol–water partition coefficient (Wildman–Crippen LogP) is -5.14. The molecule has 0 unspecified atom stereocenters. The third kappa shape index (κ3) is 5.64. The molecule has 0 aromatic rings. The van der Waals surface area contributed by atoms with E-state index in [1.807, 2.05) is 0 Å². The molecule has 0 radical (unpaired) electrons. The Bertz CT molecular complexity index is 120. The molecule has 0 aliphatic carbocycles. The van der Waals surface area contributed by atoms with Crippen LogP contribution in [0.4, 0.5) is 0 Å². The molecule has 58 valence electrons. The third-order valence-corrected chi connectivity index (χ3v) is 1.57. The normalized spacial score (nSPS) is 9.36. The van der Waals surface area contributed by atoms with Gasteiger partial charge in [0.1, 0.15) is 0 Å². The quantitative estimate of drug-likeness (QED) is 0.427. The van der Waals surface area contributed by atoms with E-state index in [2.05, 4.69) is 0 Å². The Morgan fingerprint density at radius 3 is 1.64 bits per heavy atom. The zero-order chi connectivity index (χ0) is 7.49. The molecule has 0 aromatic heterocycles. The van der Waals surface area contributed by atoms with Gasteiger partial charge < -0.3 is 13.1 Å². The summed E-state index contributed by atoms with van der Waals surface area (Å²) in [6.45, 7) is 3.30. The van der Waals surface area contributed by atoms with Gasteiger partial charge in [-0.2, -0.15) is 0 Å². The number of rotatable bonds is 3. The van der Waals surface area contributed by atoms with Crippen LogP contribution in [0.5, 0.6) is 0 Å². The van der Waals surface area contributed by atoms with E-state index in [9.17, 15) is 4.79 Å². The van der Waals surface area contributed by atoms with Crippen molar-refractivity contribution < 1.29 is 77.0 Å². The van der Waals surface area contributed by atoms with Crippen molar-refractivity contribution in [3.63, 3.8) is 0 Å². The van der Waals surface area contributed by atoms with Gasteiger partial charge in [0.2, 0.25) is 0 Å². The third-order valence-electron chi connectivity index (χ3n) is 1.57. The number of hydrogen-bond acceptors (Lipinski definition) is 2. The molecule has 0 aliphatic rings. The average molecular weight is 180 g/mol. The molecule has 0 aromatic carbocycles. The molecule has 5 heteroatoms. The first-order valence-corrected chi connectivity index (χ1v) is 3.02. The minimum absolute atomic E-state index is 0. The van der Waals surface area contributed by atoms with Gasteiger partial charge in [0.05, 0.1) is 0 Å². The number of carboxylic acid groups (broad SMARTS) is 1.